The molecular formula is C9H8N4. The van der Waals surface area contributed by atoms with Gasteiger partial charge in [0, 0.05) is 36.6 Å². The van der Waals surface area contributed by atoms with Crippen LogP contribution in [0.1, 0.15) is 5.56 Å². The molecule has 0 bridgehead atoms. The number of aromatic amines is 1. The van der Waals surface area contributed by atoms with Crippen LogP contribution in [0.2, 0.25) is 0 Å². The Kier molecular flexibility index (Phi) is 2.14. The number of hydrogen-bond donors (Lipinski definition) is 1. The highest BCUT2D eigenvalue weighted by Gasteiger charge is 1.87. The normalized spacial score (nSPS) is 10.8. The van der Waals surface area contributed by atoms with Gasteiger partial charge in [-0.2, -0.15) is 0 Å². The van der Waals surface area contributed by atoms with Gasteiger partial charge in [-0.15, -0.1) is 0 Å². The van der Waals surface area contributed by atoms with Crippen molar-refractivity contribution in [2.45, 2.75) is 0 Å². The van der Waals surface area contributed by atoms with Crippen LogP contribution in [-0.2, 0) is 0 Å². The van der Waals surface area contributed by atoms with E-state index in [1.54, 1.807) is 31.0 Å². The maximum absolute atomic E-state index is 4.10. The molecule has 2 rings (SSSR count). The smallest absolute Gasteiger partial charge is 0.226 e. The van der Waals surface area contributed by atoms with E-state index in [-0.39, 0.29) is 0 Å². The molecule has 0 radical (unpaired) electrons. The largest absolute Gasteiger partial charge is 0.329 e. The summed E-state index contributed by atoms with van der Waals surface area (Å²) in [6.45, 7) is 0. The van der Waals surface area contributed by atoms with E-state index in [0.717, 1.165) is 5.56 Å². The Balaban J connectivity index is 2.15. The van der Waals surface area contributed by atoms with Gasteiger partial charge in [0.15, 0.2) is 0 Å². The monoisotopic (exact) mass is 172 g/mol. The summed E-state index contributed by atoms with van der Waals surface area (Å²) in [5.74, 6) is 0.601. The number of aliphatic imine (C=N–C) groups is 1. The zero-order valence-corrected chi connectivity index (χ0v) is 6.88. The van der Waals surface area contributed by atoms with Crippen molar-refractivity contribution in [1.29, 1.82) is 0 Å². The summed E-state index contributed by atoms with van der Waals surface area (Å²) in [6.07, 6.45) is 8.58. The fraction of sp³-hybridized carbons (Fsp3) is 0. The van der Waals surface area contributed by atoms with Crippen molar-refractivity contribution in [2.24, 2.45) is 4.99 Å². The van der Waals surface area contributed by atoms with E-state index >= 15 is 0 Å². The summed E-state index contributed by atoms with van der Waals surface area (Å²) < 4.78 is 0. The predicted octanol–water partition coefficient (Wildman–Crippen LogP) is 1.56. The highest BCUT2D eigenvalue weighted by atomic mass is 15.0. The topological polar surface area (TPSA) is 53.9 Å². The van der Waals surface area contributed by atoms with Crippen LogP contribution in [0.25, 0.3) is 0 Å². The zero-order valence-electron chi connectivity index (χ0n) is 6.88. The lowest BCUT2D eigenvalue weighted by atomic mass is 10.3. The van der Waals surface area contributed by atoms with Crippen LogP contribution in [0.3, 0.4) is 0 Å². The van der Waals surface area contributed by atoms with E-state index in [4.69, 9.17) is 0 Å². The number of nitrogens with zero attached hydrogens (tertiary/aromatic N) is 3. The third-order valence-electron chi connectivity index (χ3n) is 1.50. The van der Waals surface area contributed by atoms with Crippen LogP contribution in [0.15, 0.2) is 41.9 Å². The van der Waals surface area contributed by atoms with Gasteiger partial charge in [0.1, 0.15) is 0 Å². The quantitative estimate of drug-likeness (QED) is 0.699. The Hall–Kier alpha value is -1.97. The predicted molar refractivity (Wildman–Crippen MR) is 50.1 cm³/mol. The van der Waals surface area contributed by atoms with Crippen molar-refractivity contribution in [3.8, 4) is 0 Å². The first-order chi connectivity index (χ1) is 6.45. The second kappa shape index (κ2) is 3.62. The van der Waals surface area contributed by atoms with Crippen molar-refractivity contribution in [3.05, 3.63) is 42.5 Å². The SMILES string of the molecule is C(=Nc1ncc[nH]1)c1cccnc1. The molecule has 1 N–H and O–H groups in total. The standard InChI is InChI=1S/C9H8N4/c1-2-8(6-10-3-1)7-13-9-11-4-5-12-9/h1-7H,(H,11,12). The van der Waals surface area contributed by atoms with Crippen LogP contribution >= 0.6 is 0 Å². The number of H-pyrrole nitrogens is 1. The highest BCUT2D eigenvalue weighted by Crippen LogP contribution is 2.00. The number of pyridine rings is 1. The van der Waals surface area contributed by atoms with Gasteiger partial charge in [-0.25, -0.2) is 9.98 Å². The molecule has 0 unspecified atom stereocenters. The maximum atomic E-state index is 4.10. The van der Waals surface area contributed by atoms with E-state index in [0.29, 0.717) is 5.95 Å². The van der Waals surface area contributed by atoms with Crippen molar-refractivity contribution in [1.82, 2.24) is 15.0 Å². The minimum absolute atomic E-state index is 0.601. The molecular weight excluding hydrogens is 164 g/mol. The molecule has 0 fully saturated rings. The summed E-state index contributed by atoms with van der Waals surface area (Å²) in [6, 6.07) is 3.79. The van der Waals surface area contributed by atoms with E-state index in [1.807, 2.05) is 12.1 Å². The Morgan fingerprint density at radius 1 is 1.38 bits per heavy atom. The molecule has 2 aromatic heterocycles. The minimum Gasteiger partial charge on any atom is -0.329 e. The molecule has 0 saturated heterocycles. The molecule has 0 saturated carbocycles. The van der Waals surface area contributed by atoms with Gasteiger partial charge in [0.2, 0.25) is 5.95 Å². The van der Waals surface area contributed by atoms with E-state index in [2.05, 4.69) is 19.9 Å². The van der Waals surface area contributed by atoms with Gasteiger partial charge in [0.05, 0.1) is 0 Å². The van der Waals surface area contributed by atoms with E-state index in [1.165, 1.54) is 0 Å². The lowest BCUT2D eigenvalue weighted by molar-refractivity contribution is 1.24. The second-order valence-electron chi connectivity index (χ2n) is 2.46. The van der Waals surface area contributed by atoms with E-state index < -0.39 is 0 Å². The molecule has 2 aromatic rings. The first-order valence-corrected chi connectivity index (χ1v) is 3.88. The number of aromatic nitrogens is 3. The summed E-state index contributed by atoms with van der Waals surface area (Å²) in [4.78, 5) is 14.9. The molecule has 0 aliphatic rings. The molecule has 0 atom stereocenters. The first kappa shape index (κ1) is 7.67. The second-order valence-corrected chi connectivity index (χ2v) is 2.46. The van der Waals surface area contributed by atoms with Gasteiger partial charge >= 0.3 is 0 Å². The van der Waals surface area contributed by atoms with Gasteiger partial charge in [-0.3, -0.25) is 4.98 Å². The summed E-state index contributed by atoms with van der Waals surface area (Å²) in [5.41, 5.74) is 0.957. The molecule has 0 amide bonds. The summed E-state index contributed by atoms with van der Waals surface area (Å²) >= 11 is 0. The van der Waals surface area contributed by atoms with Crippen LogP contribution in [0.5, 0.6) is 0 Å². The molecule has 4 heteroatoms. The lowest BCUT2D eigenvalue weighted by Crippen LogP contribution is -1.80. The van der Waals surface area contributed by atoms with Crippen molar-refractivity contribution >= 4 is 12.2 Å². The molecule has 64 valence electrons. The number of rotatable bonds is 2. The Morgan fingerprint density at radius 3 is 3.08 bits per heavy atom. The average molecular weight is 172 g/mol. The number of nitrogens with one attached hydrogen (secondary N) is 1. The summed E-state index contributed by atoms with van der Waals surface area (Å²) in [5, 5.41) is 0. The Morgan fingerprint density at radius 2 is 2.38 bits per heavy atom. The van der Waals surface area contributed by atoms with Gasteiger partial charge in [0.25, 0.3) is 0 Å². The van der Waals surface area contributed by atoms with Crippen LogP contribution in [0, 0.1) is 0 Å². The molecule has 0 spiro atoms. The fourth-order valence-electron chi connectivity index (χ4n) is 0.916. The van der Waals surface area contributed by atoms with Crippen molar-refractivity contribution < 1.29 is 0 Å². The first-order valence-electron chi connectivity index (χ1n) is 3.88. The summed E-state index contributed by atoms with van der Waals surface area (Å²) in [7, 11) is 0. The maximum Gasteiger partial charge on any atom is 0.226 e. The zero-order chi connectivity index (χ0) is 8.93. The molecule has 0 aromatic carbocycles. The van der Waals surface area contributed by atoms with Gasteiger partial charge < -0.3 is 4.98 Å². The number of imidazole rings is 1. The van der Waals surface area contributed by atoms with Crippen molar-refractivity contribution in [2.75, 3.05) is 0 Å². The number of hydrogen-bond acceptors (Lipinski definition) is 3. The third kappa shape index (κ3) is 1.99. The molecule has 0 aliphatic heterocycles. The Bertz CT molecular complexity index is 377. The molecule has 2 heterocycles. The van der Waals surface area contributed by atoms with Gasteiger partial charge in [-0.05, 0) is 6.07 Å². The van der Waals surface area contributed by atoms with Gasteiger partial charge in [-0.1, -0.05) is 6.07 Å². The fourth-order valence-corrected chi connectivity index (χ4v) is 0.916. The third-order valence-corrected chi connectivity index (χ3v) is 1.50. The van der Waals surface area contributed by atoms with E-state index in [9.17, 15) is 0 Å². The lowest BCUT2D eigenvalue weighted by Gasteiger charge is -1.88. The molecule has 0 aliphatic carbocycles. The average Bonchev–Trinajstić information content (AvgIpc) is 2.69. The highest BCUT2D eigenvalue weighted by molar-refractivity contribution is 5.80. The Labute approximate surface area is 75.4 Å². The molecule has 4 nitrogen and oxygen atoms in total. The van der Waals surface area contributed by atoms with Crippen LogP contribution in [-0.4, -0.2) is 21.2 Å². The minimum atomic E-state index is 0.601. The van der Waals surface area contributed by atoms with Crippen LogP contribution < -0.4 is 0 Å². The van der Waals surface area contributed by atoms with Crippen molar-refractivity contribution in [3.63, 3.8) is 0 Å². The molecule has 13 heavy (non-hydrogen) atoms. The van der Waals surface area contributed by atoms with Crippen LogP contribution in [0.4, 0.5) is 5.95 Å².